The van der Waals surface area contributed by atoms with Crippen molar-refractivity contribution in [3.8, 4) is 5.75 Å². The van der Waals surface area contributed by atoms with Gasteiger partial charge in [0.05, 0.1) is 32.0 Å². The summed E-state index contributed by atoms with van der Waals surface area (Å²) in [5.74, 6) is 0.718. The number of benzene rings is 2. The maximum atomic E-state index is 13.5. The summed E-state index contributed by atoms with van der Waals surface area (Å²) in [6.45, 7) is 9.17. The van der Waals surface area contributed by atoms with Gasteiger partial charge in [-0.1, -0.05) is 48.0 Å². The smallest absolute Gasteiger partial charge is 0.407 e. The molecule has 0 aromatic heterocycles. The zero-order valence-electron chi connectivity index (χ0n) is 30.1. The van der Waals surface area contributed by atoms with E-state index in [0.29, 0.717) is 71.8 Å². The number of nitrogens with zero attached hydrogens (tertiary/aromatic N) is 2. The van der Waals surface area contributed by atoms with Crippen LogP contribution < -0.4 is 15.4 Å². The number of piperidine rings is 2. The molecule has 0 aliphatic carbocycles. The minimum Gasteiger partial charge on any atom is -0.494 e. The van der Waals surface area contributed by atoms with E-state index in [-0.39, 0.29) is 36.5 Å². The Bertz CT molecular complexity index is 1530. The van der Waals surface area contributed by atoms with Crippen LogP contribution in [0.5, 0.6) is 5.75 Å². The molecule has 0 spiro atoms. The van der Waals surface area contributed by atoms with Crippen LogP contribution in [0.1, 0.15) is 70.4 Å². The van der Waals surface area contributed by atoms with E-state index in [1.54, 1.807) is 20.8 Å². The number of morpholine rings is 1. The number of nitrogens with one attached hydrogen (secondary N) is 2. The van der Waals surface area contributed by atoms with Gasteiger partial charge in [-0.05, 0) is 75.3 Å². The fourth-order valence-electron chi connectivity index (χ4n) is 6.62. The van der Waals surface area contributed by atoms with E-state index in [9.17, 15) is 19.2 Å². The van der Waals surface area contributed by atoms with Gasteiger partial charge in [0.2, 0.25) is 5.91 Å². The Morgan fingerprint density at radius 1 is 0.922 bits per heavy atom. The van der Waals surface area contributed by atoms with Crippen LogP contribution in [0.25, 0.3) is 5.57 Å². The predicted molar refractivity (Wildman–Crippen MR) is 192 cm³/mol. The van der Waals surface area contributed by atoms with E-state index in [0.717, 1.165) is 41.7 Å². The number of hydrogen-bond donors (Lipinski definition) is 2. The Morgan fingerprint density at radius 2 is 1.69 bits per heavy atom. The van der Waals surface area contributed by atoms with Crippen LogP contribution in [0, 0.1) is 0 Å². The molecule has 5 rings (SSSR count). The topological polar surface area (TPSA) is 136 Å². The molecule has 0 radical (unpaired) electrons. The van der Waals surface area contributed by atoms with Crippen molar-refractivity contribution >= 4 is 29.4 Å². The summed E-state index contributed by atoms with van der Waals surface area (Å²) >= 11 is 0. The number of hydrogen-bond acceptors (Lipinski definition) is 8. The van der Waals surface area contributed by atoms with Crippen LogP contribution in [-0.4, -0.2) is 111 Å². The summed E-state index contributed by atoms with van der Waals surface area (Å²) in [6.07, 6.45) is 3.01. The zero-order chi connectivity index (χ0) is 36.2. The standard InChI is InChI=1S/C39H52N4O8/c1-39(2,3)51-37(46)40-18-24-48-23-17-31(44)12-8-22-49-32-13-7-11-30(25-32)36(28-9-5-4-6-10-28)29-14-19-42(20-15-29)38(47)43-21-16-34-33(26-43)41-35(45)27-50-34/h4-7,9-11,13,25,33-34H,8,12,14-24,26-27H2,1-3H3,(H,40,46)(H,41,45)/t33-,34+/m1/s1. The molecule has 12 nitrogen and oxygen atoms in total. The quantitative estimate of drug-likeness (QED) is 0.280. The first-order valence-electron chi connectivity index (χ1n) is 18.1. The second-order valence-corrected chi connectivity index (χ2v) is 14.2. The van der Waals surface area contributed by atoms with Crippen LogP contribution >= 0.6 is 0 Å². The largest absolute Gasteiger partial charge is 0.494 e. The summed E-state index contributed by atoms with van der Waals surface area (Å²) in [5.41, 5.74) is 4.07. The first-order chi connectivity index (χ1) is 24.6. The fourth-order valence-corrected chi connectivity index (χ4v) is 6.62. The summed E-state index contributed by atoms with van der Waals surface area (Å²) in [6, 6.07) is 18.2. The number of fused-ring (bicyclic) bond motifs is 1. The molecule has 276 valence electrons. The summed E-state index contributed by atoms with van der Waals surface area (Å²) < 4.78 is 22.4. The lowest BCUT2D eigenvalue weighted by molar-refractivity contribution is -0.139. The normalized spacial score (nSPS) is 19.1. The molecule has 0 saturated carbocycles. The van der Waals surface area contributed by atoms with Crippen molar-refractivity contribution in [2.45, 2.75) is 77.0 Å². The zero-order valence-corrected chi connectivity index (χ0v) is 30.1. The highest BCUT2D eigenvalue weighted by Crippen LogP contribution is 2.34. The summed E-state index contributed by atoms with van der Waals surface area (Å²) in [7, 11) is 0. The van der Waals surface area contributed by atoms with E-state index >= 15 is 0 Å². The first-order valence-corrected chi connectivity index (χ1v) is 18.1. The number of ketones is 1. The van der Waals surface area contributed by atoms with Crippen molar-refractivity contribution in [3.63, 3.8) is 0 Å². The molecule has 0 unspecified atom stereocenters. The molecule has 3 aliphatic heterocycles. The van der Waals surface area contributed by atoms with E-state index < -0.39 is 11.7 Å². The summed E-state index contributed by atoms with van der Waals surface area (Å²) in [5, 5.41) is 5.61. The number of carbonyl (C=O) groups is 4. The molecule has 2 atom stereocenters. The molecular formula is C39H52N4O8. The highest BCUT2D eigenvalue weighted by Gasteiger charge is 2.38. The van der Waals surface area contributed by atoms with E-state index in [1.807, 2.05) is 40.1 Å². The molecule has 2 N–H and O–H groups in total. The van der Waals surface area contributed by atoms with Crippen molar-refractivity contribution in [1.82, 2.24) is 20.4 Å². The van der Waals surface area contributed by atoms with Gasteiger partial charge in [0.1, 0.15) is 23.7 Å². The Morgan fingerprint density at radius 3 is 2.45 bits per heavy atom. The lowest BCUT2D eigenvalue weighted by atomic mass is 9.88. The van der Waals surface area contributed by atoms with Gasteiger partial charge in [-0.3, -0.25) is 9.59 Å². The van der Waals surface area contributed by atoms with Gasteiger partial charge in [-0.15, -0.1) is 0 Å². The first kappa shape index (κ1) is 37.8. The van der Waals surface area contributed by atoms with Gasteiger partial charge in [0.15, 0.2) is 0 Å². The van der Waals surface area contributed by atoms with Gasteiger partial charge in [0, 0.05) is 45.6 Å². The molecule has 3 heterocycles. The molecule has 4 amide bonds. The third-order valence-electron chi connectivity index (χ3n) is 9.08. The number of likely N-dealkylation sites (tertiary alicyclic amines) is 2. The molecule has 2 aromatic carbocycles. The third kappa shape index (κ3) is 11.5. The second kappa shape index (κ2) is 18.2. The van der Waals surface area contributed by atoms with Crippen molar-refractivity contribution in [2.24, 2.45) is 0 Å². The second-order valence-electron chi connectivity index (χ2n) is 14.2. The SMILES string of the molecule is CC(C)(C)OC(=O)NCCOCCC(=O)CCCOc1cccc(C(=C2CCN(C(=O)N3CC[C@@H]4OCC(=O)N[C@@H]4C3)CC2)c2ccccc2)c1. The highest BCUT2D eigenvalue weighted by molar-refractivity contribution is 5.83. The van der Waals surface area contributed by atoms with Gasteiger partial charge in [-0.2, -0.15) is 0 Å². The minimum absolute atomic E-state index is 0.0163. The molecule has 51 heavy (non-hydrogen) atoms. The molecule has 0 bridgehead atoms. The summed E-state index contributed by atoms with van der Waals surface area (Å²) in [4.78, 5) is 53.2. The van der Waals surface area contributed by atoms with E-state index in [2.05, 4.69) is 34.9 Å². The van der Waals surface area contributed by atoms with Crippen LogP contribution in [0.2, 0.25) is 0 Å². The van der Waals surface area contributed by atoms with Crippen molar-refractivity contribution in [1.29, 1.82) is 0 Å². The maximum Gasteiger partial charge on any atom is 0.407 e. The van der Waals surface area contributed by atoms with Gasteiger partial charge in [0.25, 0.3) is 0 Å². The Balaban J connectivity index is 1.09. The van der Waals surface area contributed by atoms with E-state index in [4.69, 9.17) is 18.9 Å². The number of carbonyl (C=O) groups excluding carboxylic acids is 4. The average Bonchev–Trinajstić information content (AvgIpc) is 3.11. The third-order valence-corrected chi connectivity index (χ3v) is 9.08. The highest BCUT2D eigenvalue weighted by atomic mass is 16.6. The van der Waals surface area contributed by atoms with Crippen LogP contribution in [0.3, 0.4) is 0 Å². The molecule has 3 saturated heterocycles. The van der Waals surface area contributed by atoms with Crippen molar-refractivity contribution in [2.75, 3.05) is 59.2 Å². The Labute approximate surface area is 300 Å². The molecule has 3 fully saturated rings. The number of amides is 4. The average molecular weight is 705 g/mol. The maximum absolute atomic E-state index is 13.5. The van der Waals surface area contributed by atoms with Gasteiger partial charge < -0.3 is 39.4 Å². The monoisotopic (exact) mass is 704 g/mol. The number of Topliss-reactive ketones (excluding diaryl/α,β-unsaturated/α-hetero) is 1. The lowest BCUT2D eigenvalue weighted by Crippen LogP contribution is -2.62. The lowest BCUT2D eigenvalue weighted by Gasteiger charge is -2.43. The molecule has 2 aromatic rings. The van der Waals surface area contributed by atoms with Crippen LogP contribution in [0.4, 0.5) is 9.59 Å². The van der Waals surface area contributed by atoms with Gasteiger partial charge >= 0.3 is 12.1 Å². The fraction of sp³-hybridized carbons (Fsp3) is 0.538. The number of rotatable bonds is 13. The number of ether oxygens (including phenoxy) is 4. The number of alkyl carbamates (subject to hydrolysis) is 1. The van der Waals surface area contributed by atoms with Crippen LogP contribution in [-0.2, 0) is 23.8 Å². The van der Waals surface area contributed by atoms with E-state index in [1.165, 1.54) is 5.57 Å². The van der Waals surface area contributed by atoms with Crippen molar-refractivity contribution < 1.29 is 38.1 Å². The molecule has 3 aliphatic rings. The van der Waals surface area contributed by atoms with Crippen LogP contribution in [0.15, 0.2) is 60.2 Å². The predicted octanol–water partition coefficient (Wildman–Crippen LogP) is 4.95. The minimum atomic E-state index is -0.553. The van der Waals surface area contributed by atoms with Gasteiger partial charge in [-0.25, -0.2) is 9.59 Å². The Kier molecular flexibility index (Phi) is 13.5. The molecular weight excluding hydrogens is 652 g/mol. The molecule has 12 heteroatoms. The van der Waals surface area contributed by atoms with Crippen molar-refractivity contribution in [3.05, 3.63) is 71.3 Å². The Hall–Kier alpha value is -4.42. The number of urea groups is 1.